The maximum Gasteiger partial charge on any atom is 0.269 e. The Morgan fingerprint density at radius 1 is 1.19 bits per heavy atom. The van der Waals surface area contributed by atoms with Crippen LogP contribution in [0.1, 0.15) is 25.7 Å². The van der Waals surface area contributed by atoms with Gasteiger partial charge in [0.1, 0.15) is 6.33 Å². The van der Waals surface area contributed by atoms with Crippen LogP contribution < -0.4 is 5.32 Å². The van der Waals surface area contributed by atoms with Crippen molar-refractivity contribution in [3.63, 3.8) is 0 Å². The number of nitro groups is 1. The summed E-state index contributed by atoms with van der Waals surface area (Å²) in [7, 11) is 0. The van der Waals surface area contributed by atoms with Crippen LogP contribution in [0, 0.1) is 16.0 Å². The van der Waals surface area contributed by atoms with Gasteiger partial charge in [-0.05, 0) is 37.8 Å². The lowest BCUT2D eigenvalue weighted by Crippen LogP contribution is -2.45. The van der Waals surface area contributed by atoms with Crippen LogP contribution >= 0.6 is 0 Å². The normalized spacial score (nSPS) is 18.4. The summed E-state index contributed by atoms with van der Waals surface area (Å²) >= 11 is 0. The minimum absolute atomic E-state index is 0.0508. The molecule has 2 aliphatic rings. The number of likely N-dealkylation sites (tertiary alicyclic amines) is 1. The average molecular weight is 370 g/mol. The van der Waals surface area contributed by atoms with Gasteiger partial charge in [0.25, 0.3) is 5.69 Å². The van der Waals surface area contributed by atoms with Crippen LogP contribution in [0.5, 0.6) is 0 Å². The first-order chi connectivity index (χ1) is 13.1. The Kier molecular flexibility index (Phi) is 4.85. The summed E-state index contributed by atoms with van der Waals surface area (Å²) in [5.74, 6) is 1.03. The molecule has 0 unspecified atom stereocenters. The van der Waals surface area contributed by atoms with Crippen molar-refractivity contribution < 1.29 is 9.72 Å². The Morgan fingerprint density at radius 3 is 2.52 bits per heavy atom. The van der Waals surface area contributed by atoms with Gasteiger partial charge in [-0.15, -0.1) is 5.10 Å². The predicted molar refractivity (Wildman–Crippen MR) is 97.6 cm³/mol. The zero-order valence-corrected chi connectivity index (χ0v) is 15.0. The van der Waals surface area contributed by atoms with Gasteiger partial charge in [0.2, 0.25) is 5.91 Å². The van der Waals surface area contributed by atoms with Gasteiger partial charge >= 0.3 is 0 Å². The minimum Gasteiger partial charge on any atom is -0.353 e. The maximum atomic E-state index is 11.9. The Labute approximate surface area is 156 Å². The molecule has 2 fully saturated rings. The van der Waals surface area contributed by atoms with Crippen molar-refractivity contribution in [1.29, 1.82) is 0 Å². The molecule has 4 rings (SSSR count). The highest BCUT2D eigenvalue weighted by Crippen LogP contribution is 2.29. The number of non-ortho nitro benzene ring substituents is 1. The third kappa shape index (κ3) is 4.30. The summed E-state index contributed by atoms with van der Waals surface area (Å²) in [4.78, 5) is 28.8. The smallest absolute Gasteiger partial charge is 0.269 e. The maximum absolute atomic E-state index is 11.9. The average Bonchev–Trinajstić information content (AvgIpc) is 3.43. The van der Waals surface area contributed by atoms with Crippen LogP contribution in [0.25, 0.3) is 11.4 Å². The van der Waals surface area contributed by atoms with E-state index < -0.39 is 4.92 Å². The minimum atomic E-state index is -0.424. The number of amides is 1. The molecular formula is C18H22N6O3. The Morgan fingerprint density at radius 2 is 1.89 bits per heavy atom. The quantitative estimate of drug-likeness (QED) is 0.614. The molecule has 1 N–H and O–H groups in total. The van der Waals surface area contributed by atoms with Gasteiger partial charge in [0, 0.05) is 42.7 Å². The summed E-state index contributed by atoms with van der Waals surface area (Å²) in [6.45, 7) is 2.45. The summed E-state index contributed by atoms with van der Waals surface area (Å²) in [5, 5.41) is 18.4. The lowest BCUT2D eigenvalue weighted by Gasteiger charge is -2.32. The third-order valence-corrected chi connectivity index (χ3v) is 5.10. The van der Waals surface area contributed by atoms with Crippen molar-refractivity contribution in [1.82, 2.24) is 25.0 Å². The largest absolute Gasteiger partial charge is 0.353 e. The van der Waals surface area contributed by atoms with Gasteiger partial charge < -0.3 is 5.32 Å². The number of carbonyl (C=O) groups excluding carboxylic acids is 1. The number of benzene rings is 1. The highest BCUT2D eigenvalue weighted by molar-refractivity contribution is 5.81. The van der Waals surface area contributed by atoms with Gasteiger partial charge in [-0.1, -0.05) is 0 Å². The molecule has 1 aliphatic carbocycles. The Bertz CT molecular complexity index is 822. The molecule has 1 aromatic carbocycles. The van der Waals surface area contributed by atoms with E-state index in [1.807, 2.05) is 0 Å². The molecule has 1 aliphatic heterocycles. The standard InChI is InChI=1S/C18H22N6O3/c25-18(14-1-2-14)20-15-7-9-22(10-8-15)12-23-11-19-17(21-23)13-3-5-16(6-4-13)24(26)27/h3-6,11,14-15H,1-2,7-10,12H2,(H,20,25). The zero-order valence-electron chi connectivity index (χ0n) is 15.0. The molecule has 2 heterocycles. The second-order valence-electron chi connectivity index (χ2n) is 7.23. The summed E-state index contributed by atoms with van der Waals surface area (Å²) in [6.07, 6.45) is 5.64. The van der Waals surface area contributed by atoms with E-state index in [2.05, 4.69) is 20.3 Å². The van der Waals surface area contributed by atoms with Gasteiger partial charge in [0.05, 0.1) is 11.6 Å². The van der Waals surface area contributed by atoms with Crippen molar-refractivity contribution in [2.75, 3.05) is 13.1 Å². The van der Waals surface area contributed by atoms with Crippen LogP contribution in [0.2, 0.25) is 0 Å². The molecule has 0 spiro atoms. The van der Waals surface area contributed by atoms with E-state index in [4.69, 9.17) is 0 Å². The number of nitrogens with one attached hydrogen (secondary N) is 1. The van der Waals surface area contributed by atoms with E-state index in [-0.39, 0.29) is 23.6 Å². The van der Waals surface area contributed by atoms with E-state index in [1.54, 1.807) is 23.1 Å². The zero-order chi connectivity index (χ0) is 18.8. The van der Waals surface area contributed by atoms with Gasteiger partial charge in [-0.25, -0.2) is 9.67 Å². The van der Waals surface area contributed by atoms with Gasteiger partial charge in [-0.3, -0.25) is 19.8 Å². The number of hydrogen-bond donors (Lipinski definition) is 1. The van der Waals surface area contributed by atoms with Gasteiger partial charge in [0.15, 0.2) is 5.82 Å². The molecule has 142 valence electrons. The second-order valence-corrected chi connectivity index (χ2v) is 7.23. The van der Waals surface area contributed by atoms with E-state index in [0.717, 1.165) is 44.3 Å². The van der Waals surface area contributed by atoms with Crippen LogP contribution in [0.3, 0.4) is 0 Å². The van der Waals surface area contributed by atoms with Crippen molar-refractivity contribution in [2.24, 2.45) is 5.92 Å². The van der Waals surface area contributed by atoms with E-state index >= 15 is 0 Å². The first-order valence-electron chi connectivity index (χ1n) is 9.25. The van der Waals surface area contributed by atoms with E-state index in [9.17, 15) is 14.9 Å². The lowest BCUT2D eigenvalue weighted by molar-refractivity contribution is -0.384. The summed E-state index contributed by atoms with van der Waals surface area (Å²) < 4.78 is 1.78. The SMILES string of the molecule is O=C(NC1CCN(Cn2cnc(-c3ccc([N+](=O)[O-])cc3)n2)CC1)C1CC1. The molecule has 1 saturated carbocycles. The summed E-state index contributed by atoms with van der Waals surface area (Å²) in [6, 6.07) is 6.51. The highest BCUT2D eigenvalue weighted by atomic mass is 16.6. The number of hydrogen-bond acceptors (Lipinski definition) is 6. The molecule has 0 radical (unpaired) electrons. The molecule has 1 aromatic heterocycles. The second kappa shape index (κ2) is 7.43. The van der Waals surface area contributed by atoms with Crippen LogP contribution in [-0.2, 0) is 11.5 Å². The fourth-order valence-corrected chi connectivity index (χ4v) is 3.32. The predicted octanol–water partition coefficient (Wildman–Crippen LogP) is 1.80. The Hall–Kier alpha value is -2.81. The summed E-state index contributed by atoms with van der Waals surface area (Å²) in [5.41, 5.74) is 0.802. The fraction of sp³-hybridized carbons (Fsp3) is 0.500. The van der Waals surface area contributed by atoms with Crippen LogP contribution in [-0.4, -0.2) is 49.6 Å². The Balaban J connectivity index is 1.29. The number of rotatable bonds is 6. The molecule has 0 atom stereocenters. The molecule has 1 amide bonds. The van der Waals surface area contributed by atoms with Crippen molar-refractivity contribution in [3.05, 3.63) is 40.7 Å². The van der Waals surface area contributed by atoms with Gasteiger partial charge in [-0.2, -0.15) is 0 Å². The molecular weight excluding hydrogens is 348 g/mol. The molecule has 1 saturated heterocycles. The number of piperidine rings is 1. The van der Waals surface area contributed by atoms with Crippen molar-refractivity contribution >= 4 is 11.6 Å². The molecule has 2 aromatic rings. The van der Waals surface area contributed by atoms with E-state index in [1.165, 1.54) is 12.1 Å². The van der Waals surface area contributed by atoms with Crippen LogP contribution in [0.4, 0.5) is 5.69 Å². The molecule has 0 bridgehead atoms. The fourth-order valence-electron chi connectivity index (χ4n) is 3.32. The first-order valence-corrected chi connectivity index (χ1v) is 9.25. The number of aromatic nitrogens is 3. The highest BCUT2D eigenvalue weighted by Gasteiger charge is 2.31. The van der Waals surface area contributed by atoms with Crippen molar-refractivity contribution in [3.8, 4) is 11.4 Å². The number of carbonyl (C=O) groups is 1. The topological polar surface area (TPSA) is 106 Å². The number of nitro benzene ring substituents is 1. The number of nitrogens with zero attached hydrogens (tertiary/aromatic N) is 5. The van der Waals surface area contributed by atoms with E-state index in [0.29, 0.717) is 12.5 Å². The molecule has 9 heteroatoms. The third-order valence-electron chi connectivity index (χ3n) is 5.10. The molecule has 9 nitrogen and oxygen atoms in total. The monoisotopic (exact) mass is 370 g/mol. The molecule has 27 heavy (non-hydrogen) atoms. The lowest BCUT2D eigenvalue weighted by atomic mass is 10.1. The van der Waals surface area contributed by atoms with Crippen LogP contribution in [0.15, 0.2) is 30.6 Å². The first kappa shape index (κ1) is 17.6. The van der Waals surface area contributed by atoms with Crippen molar-refractivity contribution in [2.45, 2.75) is 38.4 Å².